The third kappa shape index (κ3) is 4.53. The van der Waals surface area contributed by atoms with Gasteiger partial charge in [-0.2, -0.15) is 0 Å². The minimum Gasteiger partial charge on any atom is -0.481 e. The second-order valence-electron chi connectivity index (χ2n) is 4.98. The van der Waals surface area contributed by atoms with Crippen molar-refractivity contribution < 1.29 is 14.5 Å². The first-order chi connectivity index (χ1) is 10.9. The Kier molecular flexibility index (Phi) is 5.33. The number of rotatable bonds is 5. The van der Waals surface area contributed by atoms with E-state index in [0.717, 1.165) is 5.56 Å². The van der Waals surface area contributed by atoms with Crippen LogP contribution in [-0.4, -0.2) is 16.9 Å². The maximum absolute atomic E-state index is 12.2. The topological polar surface area (TPSA) is 81.5 Å². The van der Waals surface area contributed by atoms with Crippen LogP contribution in [0, 0.1) is 17.0 Å². The molecule has 120 valence electrons. The quantitative estimate of drug-likeness (QED) is 0.627. The molecule has 0 radical (unpaired) electrons. The van der Waals surface area contributed by atoms with Crippen molar-refractivity contribution >= 4 is 33.2 Å². The Morgan fingerprint density at radius 3 is 2.48 bits per heavy atom. The number of carbonyl (C=O) groups is 1. The first kappa shape index (κ1) is 17.0. The van der Waals surface area contributed by atoms with Crippen LogP contribution in [0.5, 0.6) is 5.75 Å². The zero-order chi connectivity index (χ0) is 17.0. The fourth-order valence-corrected chi connectivity index (χ4v) is 2.29. The molecule has 0 spiro atoms. The van der Waals surface area contributed by atoms with E-state index in [-0.39, 0.29) is 11.6 Å². The molecule has 1 atom stereocenters. The van der Waals surface area contributed by atoms with Gasteiger partial charge in [-0.15, -0.1) is 0 Å². The van der Waals surface area contributed by atoms with E-state index in [1.807, 2.05) is 19.1 Å². The number of ether oxygens (including phenoxy) is 1. The number of nitrogens with one attached hydrogen (secondary N) is 1. The molecule has 0 saturated heterocycles. The lowest BCUT2D eigenvalue weighted by Gasteiger charge is -2.15. The van der Waals surface area contributed by atoms with Gasteiger partial charge >= 0.3 is 0 Å². The molecule has 2 rings (SSSR count). The summed E-state index contributed by atoms with van der Waals surface area (Å²) in [5.74, 6) is 0.251. The van der Waals surface area contributed by atoms with Crippen molar-refractivity contribution in [2.24, 2.45) is 0 Å². The predicted molar refractivity (Wildman–Crippen MR) is 90.7 cm³/mol. The highest BCUT2D eigenvalue weighted by Gasteiger charge is 2.17. The van der Waals surface area contributed by atoms with Gasteiger partial charge in [-0.05, 0) is 48.0 Å². The second kappa shape index (κ2) is 7.23. The molecule has 0 bridgehead atoms. The SMILES string of the molecule is Cc1ccc(OC(C)C(=O)Nc2ccc([N+](=O)[O-])cc2Br)cc1. The zero-order valence-corrected chi connectivity index (χ0v) is 14.2. The summed E-state index contributed by atoms with van der Waals surface area (Å²) in [5, 5.41) is 13.4. The first-order valence-electron chi connectivity index (χ1n) is 6.85. The molecular weight excluding hydrogens is 364 g/mol. The minimum absolute atomic E-state index is 0.0566. The Morgan fingerprint density at radius 1 is 1.26 bits per heavy atom. The van der Waals surface area contributed by atoms with Crippen LogP contribution >= 0.6 is 15.9 Å². The highest BCUT2D eigenvalue weighted by atomic mass is 79.9. The van der Waals surface area contributed by atoms with Crippen molar-refractivity contribution in [1.82, 2.24) is 0 Å². The fraction of sp³-hybridized carbons (Fsp3) is 0.188. The number of aryl methyl sites for hydroxylation is 1. The summed E-state index contributed by atoms with van der Waals surface area (Å²) < 4.78 is 6.00. The van der Waals surface area contributed by atoms with Crippen LogP contribution in [0.1, 0.15) is 12.5 Å². The molecule has 2 aromatic rings. The van der Waals surface area contributed by atoms with E-state index in [2.05, 4.69) is 21.2 Å². The third-order valence-electron chi connectivity index (χ3n) is 3.12. The number of nitro groups is 1. The van der Waals surface area contributed by atoms with Gasteiger partial charge in [-0.25, -0.2) is 0 Å². The molecule has 0 heterocycles. The van der Waals surface area contributed by atoms with Crippen molar-refractivity contribution in [3.8, 4) is 5.75 Å². The Bertz CT molecular complexity index is 731. The lowest BCUT2D eigenvalue weighted by Crippen LogP contribution is -2.30. The molecule has 1 unspecified atom stereocenters. The maximum atomic E-state index is 12.2. The van der Waals surface area contributed by atoms with Gasteiger partial charge in [-0.3, -0.25) is 14.9 Å². The summed E-state index contributed by atoms with van der Waals surface area (Å²) in [4.78, 5) is 22.4. The van der Waals surface area contributed by atoms with Gasteiger partial charge in [-0.1, -0.05) is 17.7 Å². The average molecular weight is 379 g/mol. The zero-order valence-electron chi connectivity index (χ0n) is 12.6. The van der Waals surface area contributed by atoms with E-state index in [0.29, 0.717) is 15.9 Å². The van der Waals surface area contributed by atoms with Crippen molar-refractivity contribution in [3.05, 3.63) is 62.6 Å². The molecule has 0 saturated carbocycles. The van der Waals surface area contributed by atoms with E-state index in [9.17, 15) is 14.9 Å². The molecule has 1 N–H and O–H groups in total. The summed E-state index contributed by atoms with van der Waals surface area (Å²) in [7, 11) is 0. The number of non-ortho nitro benzene ring substituents is 1. The van der Waals surface area contributed by atoms with Gasteiger partial charge in [0.25, 0.3) is 11.6 Å². The molecule has 1 amide bonds. The number of nitrogens with zero attached hydrogens (tertiary/aromatic N) is 1. The number of amides is 1. The standard InChI is InChI=1S/C16H15BrN2O4/c1-10-3-6-13(7-4-10)23-11(2)16(20)18-15-8-5-12(19(21)22)9-14(15)17/h3-9,11H,1-2H3,(H,18,20). The lowest BCUT2D eigenvalue weighted by molar-refractivity contribution is -0.384. The van der Waals surface area contributed by atoms with E-state index in [1.165, 1.54) is 18.2 Å². The van der Waals surface area contributed by atoms with E-state index >= 15 is 0 Å². The molecule has 0 fully saturated rings. The van der Waals surface area contributed by atoms with Crippen LogP contribution in [0.4, 0.5) is 11.4 Å². The number of benzene rings is 2. The monoisotopic (exact) mass is 378 g/mol. The lowest BCUT2D eigenvalue weighted by atomic mass is 10.2. The van der Waals surface area contributed by atoms with Gasteiger partial charge in [0.1, 0.15) is 5.75 Å². The van der Waals surface area contributed by atoms with Gasteiger partial charge in [0.05, 0.1) is 10.6 Å². The maximum Gasteiger partial charge on any atom is 0.270 e. The summed E-state index contributed by atoms with van der Waals surface area (Å²) in [5.41, 5.74) is 1.49. The molecule has 0 aliphatic carbocycles. The summed E-state index contributed by atoms with van der Waals surface area (Å²) >= 11 is 3.21. The van der Waals surface area contributed by atoms with E-state index in [4.69, 9.17) is 4.74 Å². The highest BCUT2D eigenvalue weighted by molar-refractivity contribution is 9.10. The number of anilines is 1. The molecule has 0 aliphatic heterocycles. The molecule has 7 heteroatoms. The van der Waals surface area contributed by atoms with Gasteiger partial charge in [0.15, 0.2) is 6.10 Å². The summed E-state index contributed by atoms with van der Waals surface area (Å²) in [6, 6.07) is 11.5. The normalized spacial score (nSPS) is 11.6. The number of halogens is 1. The molecule has 6 nitrogen and oxygen atoms in total. The van der Waals surface area contributed by atoms with Crippen LogP contribution in [-0.2, 0) is 4.79 Å². The van der Waals surface area contributed by atoms with E-state index < -0.39 is 11.0 Å². The minimum atomic E-state index is -0.709. The van der Waals surface area contributed by atoms with Crippen molar-refractivity contribution in [1.29, 1.82) is 0 Å². The van der Waals surface area contributed by atoms with E-state index in [1.54, 1.807) is 19.1 Å². The Morgan fingerprint density at radius 2 is 1.91 bits per heavy atom. The van der Waals surface area contributed by atoms with Gasteiger partial charge < -0.3 is 10.1 Å². The largest absolute Gasteiger partial charge is 0.481 e. The van der Waals surface area contributed by atoms with Crippen LogP contribution in [0.25, 0.3) is 0 Å². The second-order valence-corrected chi connectivity index (χ2v) is 5.84. The number of hydrogen-bond acceptors (Lipinski definition) is 4. The van der Waals surface area contributed by atoms with Gasteiger partial charge in [0.2, 0.25) is 0 Å². The third-order valence-corrected chi connectivity index (χ3v) is 3.78. The molecule has 0 aromatic heterocycles. The Labute approximate surface area is 141 Å². The molecule has 23 heavy (non-hydrogen) atoms. The average Bonchev–Trinajstić information content (AvgIpc) is 2.51. The predicted octanol–water partition coefficient (Wildman–Crippen LogP) is 4.07. The summed E-state index contributed by atoms with van der Waals surface area (Å²) in [6.07, 6.45) is -0.709. The van der Waals surface area contributed by atoms with Crippen LogP contribution in [0.2, 0.25) is 0 Å². The number of hydrogen-bond donors (Lipinski definition) is 1. The van der Waals surface area contributed by atoms with Crippen LogP contribution in [0.3, 0.4) is 0 Å². The molecule has 0 aliphatic rings. The number of carbonyl (C=O) groups excluding carboxylic acids is 1. The Balaban J connectivity index is 2.03. The van der Waals surface area contributed by atoms with Crippen LogP contribution < -0.4 is 10.1 Å². The fourth-order valence-electron chi connectivity index (χ4n) is 1.83. The van der Waals surface area contributed by atoms with Gasteiger partial charge in [0, 0.05) is 16.6 Å². The number of nitro benzene ring substituents is 1. The Hall–Kier alpha value is -2.41. The van der Waals surface area contributed by atoms with Crippen molar-refractivity contribution in [2.45, 2.75) is 20.0 Å². The first-order valence-corrected chi connectivity index (χ1v) is 7.64. The molecular formula is C16H15BrN2O4. The summed E-state index contributed by atoms with van der Waals surface area (Å²) in [6.45, 7) is 3.60. The van der Waals surface area contributed by atoms with Crippen molar-refractivity contribution in [3.63, 3.8) is 0 Å². The highest BCUT2D eigenvalue weighted by Crippen LogP contribution is 2.27. The smallest absolute Gasteiger partial charge is 0.270 e. The van der Waals surface area contributed by atoms with Crippen molar-refractivity contribution in [2.75, 3.05) is 5.32 Å². The molecule has 2 aromatic carbocycles. The van der Waals surface area contributed by atoms with Crippen LogP contribution in [0.15, 0.2) is 46.9 Å².